The minimum absolute atomic E-state index is 0.105. The summed E-state index contributed by atoms with van der Waals surface area (Å²) >= 11 is 0. The number of methoxy groups -OCH3 is 2. The number of benzene rings is 2. The van der Waals surface area contributed by atoms with E-state index < -0.39 is 0 Å². The molecule has 0 atom stereocenters. The molecular formula is C21H27NO3. The van der Waals surface area contributed by atoms with Crippen LogP contribution in [0.15, 0.2) is 42.5 Å². The molecule has 0 aliphatic carbocycles. The molecule has 0 aromatic heterocycles. The smallest absolute Gasteiger partial charge is 0.220 e. The molecule has 4 nitrogen and oxygen atoms in total. The highest BCUT2D eigenvalue weighted by molar-refractivity contribution is 5.76. The highest BCUT2D eigenvalue weighted by Gasteiger charge is 2.05. The number of hydrogen-bond acceptors (Lipinski definition) is 3. The van der Waals surface area contributed by atoms with E-state index in [-0.39, 0.29) is 5.91 Å². The molecule has 0 spiro atoms. The molecule has 2 aromatic carbocycles. The first kappa shape index (κ1) is 18.8. The molecule has 0 aliphatic heterocycles. The Bertz CT molecular complexity index is 680. The fraction of sp³-hybridized carbons (Fsp3) is 0.381. The van der Waals surface area contributed by atoms with E-state index in [1.807, 2.05) is 18.2 Å². The number of carbonyl (C=O) groups excluding carboxylic acids is 1. The van der Waals surface area contributed by atoms with Crippen molar-refractivity contribution in [1.29, 1.82) is 0 Å². The highest BCUT2D eigenvalue weighted by Crippen LogP contribution is 2.27. The van der Waals surface area contributed by atoms with E-state index in [9.17, 15) is 4.79 Å². The number of aryl methyl sites for hydroxylation is 3. The summed E-state index contributed by atoms with van der Waals surface area (Å²) < 4.78 is 10.5. The van der Waals surface area contributed by atoms with Crippen LogP contribution in [0, 0.1) is 6.92 Å². The quantitative estimate of drug-likeness (QED) is 0.708. The van der Waals surface area contributed by atoms with Crippen molar-refractivity contribution in [2.75, 3.05) is 20.8 Å². The van der Waals surface area contributed by atoms with Gasteiger partial charge in [0.25, 0.3) is 0 Å². The highest BCUT2D eigenvalue weighted by atomic mass is 16.5. The Morgan fingerprint density at radius 3 is 2.28 bits per heavy atom. The van der Waals surface area contributed by atoms with Gasteiger partial charge in [-0.1, -0.05) is 35.9 Å². The molecule has 0 saturated heterocycles. The van der Waals surface area contributed by atoms with Gasteiger partial charge in [0.15, 0.2) is 11.5 Å². The zero-order chi connectivity index (χ0) is 18.1. The molecule has 1 amide bonds. The van der Waals surface area contributed by atoms with E-state index in [4.69, 9.17) is 9.47 Å². The lowest BCUT2D eigenvalue weighted by molar-refractivity contribution is -0.121. The van der Waals surface area contributed by atoms with E-state index in [2.05, 4.69) is 36.5 Å². The number of amides is 1. The minimum Gasteiger partial charge on any atom is -0.493 e. The summed E-state index contributed by atoms with van der Waals surface area (Å²) in [7, 11) is 3.26. The Balaban J connectivity index is 1.68. The summed E-state index contributed by atoms with van der Waals surface area (Å²) in [6, 6.07) is 14.2. The van der Waals surface area contributed by atoms with Gasteiger partial charge in [0.1, 0.15) is 0 Å². The third kappa shape index (κ3) is 6.14. The van der Waals surface area contributed by atoms with Crippen LogP contribution in [0.4, 0.5) is 0 Å². The third-order valence-electron chi connectivity index (χ3n) is 4.17. The van der Waals surface area contributed by atoms with E-state index in [1.54, 1.807) is 14.2 Å². The van der Waals surface area contributed by atoms with Crippen molar-refractivity contribution >= 4 is 5.91 Å². The van der Waals surface area contributed by atoms with Gasteiger partial charge < -0.3 is 14.8 Å². The molecule has 0 saturated carbocycles. The first-order valence-corrected chi connectivity index (χ1v) is 8.65. The van der Waals surface area contributed by atoms with Crippen LogP contribution in [-0.4, -0.2) is 26.7 Å². The summed E-state index contributed by atoms with van der Waals surface area (Å²) in [5.74, 6) is 1.57. The molecule has 25 heavy (non-hydrogen) atoms. The van der Waals surface area contributed by atoms with Gasteiger partial charge in [-0.3, -0.25) is 4.79 Å². The first-order valence-electron chi connectivity index (χ1n) is 8.65. The molecule has 0 radical (unpaired) electrons. The third-order valence-corrected chi connectivity index (χ3v) is 4.17. The molecule has 4 heteroatoms. The predicted octanol–water partition coefficient (Wildman–Crippen LogP) is 3.69. The summed E-state index contributed by atoms with van der Waals surface area (Å²) in [6.07, 6.45) is 3.09. The van der Waals surface area contributed by atoms with Crippen molar-refractivity contribution in [1.82, 2.24) is 5.32 Å². The van der Waals surface area contributed by atoms with Crippen LogP contribution < -0.4 is 14.8 Å². The number of hydrogen-bond donors (Lipinski definition) is 1. The van der Waals surface area contributed by atoms with Gasteiger partial charge in [-0.05, 0) is 49.4 Å². The molecule has 0 unspecified atom stereocenters. The largest absolute Gasteiger partial charge is 0.493 e. The fourth-order valence-corrected chi connectivity index (χ4v) is 2.66. The first-order chi connectivity index (χ1) is 12.1. The minimum atomic E-state index is 0.105. The van der Waals surface area contributed by atoms with E-state index >= 15 is 0 Å². The molecule has 0 fully saturated rings. The van der Waals surface area contributed by atoms with Crippen molar-refractivity contribution in [3.8, 4) is 11.5 Å². The lowest BCUT2D eigenvalue weighted by Gasteiger charge is -2.10. The number of rotatable bonds is 9. The standard InChI is InChI=1S/C21H27NO3/c1-16-6-8-17(9-7-16)11-13-21(23)22-14-4-5-18-10-12-19(24-2)20(15-18)25-3/h6-10,12,15H,4-5,11,13-14H2,1-3H3,(H,22,23). The molecule has 1 N–H and O–H groups in total. The number of ether oxygens (including phenoxy) is 2. The van der Waals surface area contributed by atoms with Crippen LogP contribution in [0.3, 0.4) is 0 Å². The second-order valence-corrected chi connectivity index (χ2v) is 6.13. The van der Waals surface area contributed by atoms with Gasteiger partial charge >= 0.3 is 0 Å². The maximum atomic E-state index is 11.9. The van der Waals surface area contributed by atoms with Gasteiger partial charge in [-0.2, -0.15) is 0 Å². The van der Waals surface area contributed by atoms with Crippen LogP contribution in [0.1, 0.15) is 29.5 Å². The lowest BCUT2D eigenvalue weighted by atomic mass is 10.1. The molecule has 2 rings (SSSR count). The topological polar surface area (TPSA) is 47.6 Å². The van der Waals surface area contributed by atoms with Crippen LogP contribution in [0.5, 0.6) is 11.5 Å². The van der Waals surface area contributed by atoms with Gasteiger partial charge in [0.2, 0.25) is 5.91 Å². The predicted molar refractivity (Wildman–Crippen MR) is 100 cm³/mol. The zero-order valence-electron chi connectivity index (χ0n) is 15.3. The van der Waals surface area contributed by atoms with Crippen molar-refractivity contribution in [3.63, 3.8) is 0 Å². The van der Waals surface area contributed by atoms with Gasteiger partial charge in [0.05, 0.1) is 14.2 Å². The second kappa shape index (κ2) is 9.72. The summed E-state index contributed by atoms with van der Waals surface area (Å²) in [5.41, 5.74) is 3.61. The van der Waals surface area contributed by atoms with Crippen molar-refractivity contribution < 1.29 is 14.3 Å². The molecule has 0 bridgehead atoms. The summed E-state index contributed by atoms with van der Waals surface area (Å²) in [4.78, 5) is 11.9. The van der Waals surface area contributed by atoms with Crippen LogP contribution >= 0.6 is 0 Å². The molecule has 134 valence electrons. The summed E-state index contributed by atoms with van der Waals surface area (Å²) in [6.45, 7) is 2.75. The van der Waals surface area contributed by atoms with Crippen LogP contribution in [0.25, 0.3) is 0 Å². The molecule has 2 aromatic rings. The number of nitrogens with one attached hydrogen (secondary N) is 1. The molecule has 0 heterocycles. The maximum absolute atomic E-state index is 11.9. The van der Waals surface area contributed by atoms with Gasteiger partial charge in [-0.15, -0.1) is 0 Å². The van der Waals surface area contributed by atoms with E-state index in [1.165, 1.54) is 16.7 Å². The van der Waals surface area contributed by atoms with Crippen molar-refractivity contribution in [2.45, 2.75) is 32.6 Å². The Hall–Kier alpha value is -2.49. The summed E-state index contributed by atoms with van der Waals surface area (Å²) in [5, 5.41) is 2.99. The van der Waals surface area contributed by atoms with E-state index in [0.29, 0.717) is 13.0 Å². The van der Waals surface area contributed by atoms with Gasteiger partial charge in [0, 0.05) is 13.0 Å². The van der Waals surface area contributed by atoms with Crippen LogP contribution in [-0.2, 0) is 17.6 Å². The Kier molecular flexibility index (Phi) is 7.33. The Morgan fingerprint density at radius 2 is 1.60 bits per heavy atom. The lowest BCUT2D eigenvalue weighted by Crippen LogP contribution is -2.24. The zero-order valence-corrected chi connectivity index (χ0v) is 15.3. The molecule has 0 aliphatic rings. The van der Waals surface area contributed by atoms with Crippen LogP contribution in [0.2, 0.25) is 0 Å². The van der Waals surface area contributed by atoms with Crippen molar-refractivity contribution in [2.24, 2.45) is 0 Å². The molecular weight excluding hydrogens is 314 g/mol. The SMILES string of the molecule is COc1ccc(CCCNC(=O)CCc2ccc(C)cc2)cc1OC. The maximum Gasteiger partial charge on any atom is 0.220 e. The normalized spacial score (nSPS) is 10.4. The Morgan fingerprint density at radius 1 is 0.920 bits per heavy atom. The fourth-order valence-electron chi connectivity index (χ4n) is 2.66. The monoisotopic (exact) mass is 341 g/mol. The number of carbonyl (C=O) groups is 1. The average Bonchev–Trinajstić information content (AvgIpc) is 2.64. The average molecular weight is 341 g/mol. The Labute approximate surface area is 150 Å². The van der Waals surface area contributed by atoms with Gasteiger partial charge in [-0.25, -0.2) is 0 Å². The second-order valence-electron chi connectivity index (χ2n) is 6.13. The van der Waals surface area contributed by atoms with E-state index in [0.717, 1.165) is 30.8 Å². The van der Waals surface area contributed by atoms with Crippen molar-refractivity contribution in [3.05, 3.63) is 59.2 Å².